The molecule has 1 aliphatic carbocycles. The van der Waals surface area contributed by atoms with Crippen molar-refractivity contribution in [1.82, 2.24) is 14.2 Å². The first kappa shape index (κ1) is 30.3. The second-order valence-corrected chi connectivity index (χ2v) is 15.6. The van der Waals surface area contributed by atoms with Crippen molar-refractivity contribution in [3.05, 3.63) is 59.6 Å². The predicted molar refractivity (Wildman–Crippen MR) is 174 cm³/mol. The third-order valence-electron chi connectivity index (χ3n) is 9.99. The molecule has 4 fully saturated rings. The van der Waals surface area contributed by atoms with E-state index in [0.29, 0.717) is 11.7 Å². The summed E-state index contributed by atoms with van der Waals surface area (Å²) in [5, 5.41) is 10.2. The van der Waals surface area contributed by atoms with Gasteiger partial charge in [-0.3, -0.25) is 9.69 Å². The highest BCUT2D eigenvalue weighted by atomic mass is 32.2. The smallest absolute Gasteiger partial charge is 0.348 e. The van der Waals surface area contributed by atoms with Gasteiger partial charge >= 0.3 is 5.97 Å². The molecule has 3 aliphatic heterocycles. The van der Waals surface area contributed by atoms with E-state index in [1.54, 1.807) is 23.1 Å². The summed E-state index contributed by atoms with van der Waals surface area (Å²) >= 11 is 1.15. The van der Waals surface area contributed by atoms with Crippen LogP contribution in [-0.4, -0.2) is 90.9 Å². The van der Waals surface area contributed by atoms with E-state index in [-0.39, 0.29) is 28.8 Å². The number of thiophene rings is 1. The molecule has 10 nitrogen and oxygen atoms in total. The quantitative estimate of drug-likeness (QED) is 0.389. The third-order valence-corrected chi connectivity index (χ3v) is 12.9. The SMILES string of the molecule is O=C(O)c1sc(-c2ccccc2)cc1N1C(=O)CN(S(=O)(=O)c2ccc(N3CCN4CCC[C@@H]4C3)nc2)CC1C1CCCCC1. The Hall–Kier alpha value is -3.32. The van der Waals surface area contributed by atoms with E-state index >= 15 is 0 Å². The number of fused-ring (bicyclic) bond motifs is 1. The number of rotatable bonds is 7. The van der Waals surface area contributed by atoms with E-state index in [4.69, 9.17) is 0 Å². The lowest BCUT2D eigenvalue weighted by Gasteiger charge is -2.44. The summed E-state index contributed by atoms with van der Waals surface area (Å²) in [5.74, 6) is -0.659. The number of carboxylic acid groups (broad SMARTS) is 1. The van der Waals surface area contributed by atoms with Crippen LogP contribution < -0.4 is 9.80 Å². The van der Waals surface area contributed by atoms with E-state index in [9.17, 15) is 23.1 Å². The van der Waals surface area contributed by atoms with Gasteiger partial charge < -0.3 is 14.9 Å². The zero-order chi connectivity index (χ0) is 31.1. The third kappa shape index (κ3) is 5.89. The van der Waals surface area contributed by atoms with Crippen molar-refractivity contribution in [2.24, 2.45) is 5.92 Å². The average Bonchev–Trinajstić information content (AvgIpc) is 3.73. The molecule has 1 N–H and O–H groups in total. The Labute approximate surface area is 268 Å². The molecule has 1 aromatic carbocycles. The molecule has 2 aromatic heterocycles. The highest BCUT2D eigenvalue weighted by Gasteiger charge is 2.44. The van der Waals surface area contributed by atoms with Gasteiger partial charge in [0.2, 0.25) is 15.9 Å². The number of sulfonamides is 1. The fourth-order valence-corrected chi connectivity index (χ4v) is 10.0. The predicted octanol–water partition coefficient (Wildman–Crippen LogP) is 4.78. The van der Waals surface area contributed by atoms with Crippen molar-refractivity contribution in [1.29, 1.82) is 0 Å². The van der Waals surface area contributed by atoms with Crippen molar-refractivity contribution >= 4 is 44.7 Å². The second kappa shape index (κ2) is 12.5. The number of hydrogen-bond acceptors (Lipinski definition) is 8. The van der Waals surface area contributed by atoms with Crippen LogP contribution in [0.2, 0.25) is 0 Å². The van der Waals surface area contributed by atoms with Crippen LogP contribution in [0.4, 0.5) is 11.5 Å². The van der Waals surface area contributed by atoms with Gasteiger partial charge in [0.05, 0.1) is 18.3 Å². The Kier molecular flexibility index (Phi) is 8.40. The van der Waals surface area contributed by atoms with E-state index in [0.717, 1.165) is 85.9 Å². The number of pyridine rings is 1. The second-order valence-electron chi connectivity index (χ2n) is 12.7. The van der Waals surface area contributed by atoms with Crippen LogP contribution in [-0.2, 0) is 14.8 Å². The Morgan fingerprint density at radius 1 is 0.933 bits per heavy atom. The lowest BCUT2D eigenvalue weighted by molar-refractivity contribution is -0.121. The van der Waals surface area contributed by atoms with Gasteiger partial charge in [-0.15, -0.1) is 11.3 Å². The number of carboxylic acids is 1. The van der Waals surface area contributed by atoms with Gasteiger partial charge in [0.25, 0.3) is 0 Å². The summed E-state index contributed by atoms with van der Waals surface area (Å²) in [7, 11) is -4.02. The maximum absolute atomic E-state index is 14.0. The highest BCUT2D eigenvalue weighted by Crippen LogP contribution is 2.42. The molecule has 1 saturated carbocycles. The van der Waals surface area contributed by atoms with Gasteiger partial charge in [0.1, 0.15) is 15.6 Å². The van der Waals surface area contributed by atoms with Gasteiger partial charge in [-0.1, -0.05) is 49.6 Å². The molecule has 0 spiro atoms. The van der Waals surface area contributed by atoms with E-state index in [1.807, 2.05) is 30.3 Å². The molecule has 4 aliphatic rings. The lowest BCUT2D eigenvalue weighted by atomic mass is 9.82. The molecule has 5 heterocycles. The summed E-state index contributed by atoms with van der Waals surface area (Å²) in [6.07, 6.45) is 8.65. The molecule has 1 unspecified atom stereocenters. The number of nitrogens with zero attached hydrogens (tertiary/aromatic N) is 5. The fraction of sp³-hybridized carbons (Fsp3) is 0.485. The Morgan fingerprint density at radius 2 is 1.73 bits per heavy atom. The number of anilines is 2. The number of carbonyl (C=O) groups excluding carboxylic acids is 1. The normalized spacial score (nSPS) is 23.8. The molecule has 2 atom stereocenters. The average molecular weight is 650 g/mol. The van der Waals surface area contributed by atoms with Crippen LogP contribution in [0.25, 0.3) is 10.4 Å². The molecule has 3 saturated heterocycles. The topological polar surface area (TPSA) is 114 Å². The lowest BCUT2D eigenvalue weighted by Crippen LogP contribution is -2.60. The molecule has 1 amide bonds. The number of amides is 1. The van der Waals surface area contributed by atoms with Gasteiger partial charge in [0.15, 0.2) is 0 Å². The van der Waals surface area contributed by atoms with Gasteiger partial charge in [-0.05, 0) is 61.9 Å². The molecule has 0 bridgehead atoms. The van der Waals surface area contributed by atoms with Crippen molar-refractivity contribution < 1.29 is 23.1 Å². The molecule has 7 rings (SSSR count). The highest BCUT2D eigenvalue weighted by molar-refractivity contribution is 7.89. The van der Waals surface area contributed by atoms with Gasteiger partial charge in [-0.25, -0.2) is 18.2 Å². The molecule has 0 radical (unpaired) electrons. The maximum atomic E-state index is 14.0. The first-order valence-electron chi connectivity index (χ1n) is 16.0. The van der Waals surface area contributed by atoms with E-state index < -0.39 is 27.9 Å². The molecule has 12 heteroatoms. The summed E-state index contributed by atoms with van der Waals surface area (Å²) in [6, 6.07) is 14.8. The first-order valence-corrected chi connectivity index (χ1v) is 18.2. The minimum absolute atomic E-state index is 0.0668. The number of carbonyl (C=O) groups is 2. The number of benzene rings is 1. The van der Waals surface area contributed by atoms with Crippen molar-refractivity contribution in [2.75, 3.05) is 49.1 Å². The molecule has 238 valence electrons. The van der Waals surface area contributed by atoms with Crippen molar-refractivity contribution in [3.8, 4) is 10.4 Å². The molecular weight excluding hydrogens is 611 g/mol. The Bertz CT molecular complexity index is 1660. The van der Waals surface area contributed by atoms with Crippen LogP contribution >= 0.6 is 11.3 Å². The number of aromatic nitrogens is 1. The summed E-state index contributed by atoms with van der Waals surface area (Å²) in [4.78, 5) is 38.3. The summed E-state index contributed by atoms with van der Waals surface area (Å²) in [6.45, 7) is 3.65. The molecule has 45 heavy (non-hydrogen) atoms. The van der Waals surface area contributed by atoms with Crippen LogP contribution in [0.15, 0.2) is 59.6 Å². The van der Waals surface area contributed by atoms with Crippen LogP contribution in [0.1, 0.15) is 54.6 Å². The Balaban J connectivity index is 1.17. The minimum Gasteiger partial charge on any atom is -0.477 e. The largest absolute Gasteiger partial charge is 0.477 e. The molecular formula is C33H39N5O5S2. The number of piperazine rings is 2. The number of hydrogen-bond donors (Lipinski definition) is 1. The minimum atomic E-state index is -4.02. The van der Waals surface area contributed by atoms with Crippen molar-refractivity contribution in [3.63, 3.8) is 0 Å². The van der Waals surface area contributed by atoms with Crippen LogP contribution in [0.5, 0.6) is 0 Å². The fourth-order valence-electron chi connectivity index (χ4n) is 7.66. The first-order chi connectivity index (χ1) is 21.8. The number of aromatic carboxylic acids is 1. The van der Waals surface area contributed by atoms with Crippen LogP contribution in [0.3, 0.4) is 0 Å². The summed E-state index contributed by atoms with van der Waals surface area (Å²) < 4.78 is 29.3. The monoisotopic (exact) mass is 649 g/mol. The van der Waals surface area contributed by atoms with Crippen molar-refractivity contribution in [2.45, 2.75) is 61.9 Å². The zero-order valence-electron chi connectivity index (χ0n) is 25.3. The summed E-state index contributed by atoms with van der Waals surface area (Å²) in [5.41, 5.74) is 1.23. The standard InChI is InChI=1S/C33H39N5O5S2/c39-31-22-37(45(42,43)26-13-14-30(34-19-26)36-17-16-35-15-7-12-25(35)20-36)21-28(23-8-3-1-4-9-23)38(31)27-18-29(44-32(27)33(40)41)24-10-5-2-6-11-24/h2,5-6,10-11,13-14,18-19,23,25,28H,1,3-4,7-9,12,15-17,20-22H2,(H,40,41)/t25-,28?/m1/s1. The maximum Gasteiger partial charge on any atom is 0.348 e. The van der Waals surface area contributed by atoms with E-state index in [2.05, 4.69) is 14.8 Å². The van der Waals surface area contributed by atoms with Gasteiger partial charge in [0, 0.05) is 43.3 Å². The zero-order valence-corrected chi connectivity index (χ0v) is 26.9. The van der Waals surface area contributed by atoms with Gasteiger partial charge in [-0.2, -0.15) is 4.31 Å². The van der Waals surface area contributed by atoms with Crippen LogP contribution in [0, 0.1) is 5.92 Å². The molecule has 3 aromatic rings. The van der Waals surface area contributed by atoms with E-state index in [1.165, 1.54) is 23.3 Å². The Morgan fingerprint density at radius 3 is 2.47 bits per heavy atom.